The topological polar surface area (TPSA) is 74.2 Å². The molecule has 0 bridgehead atoms. The molecule has 1 aliphatic heterocycles. The molecule has 3 heterocycles. The second kappa shape index (κ2) is 8.26. The molecule has 4 rings (SSSR count). The molecule has 0 spiro atoms. The van der Waals surface area contributed by atoms with Crippen LogP contribution < -0.4 is 10.2 Å². The number of pyridine rings is 1. The summed E-state index contributed by atoms with van der Waals surface area (Å²) in [5.41, 5.74) is 2.92. The van der Waals surface area contributed by atoms with Crippen LogP contribution in [0.3, 0.4) is 0 Å². The van der Waals surface area contributed by atoms with Gasteiger partial charge in [-0.05, 0) is 55.3 Å². The van der Waals surface area contributed by atoms with Crippen LogP contribution in [-0.2, 0) is 0 Å². The van der Waals surface area contributed by atoms with E-state index in [0.29, 0.717) is 18.9 Å². The lowest BCUT2D eigenvalue weighted by Gasteiger charge is -2.35. The third-order valence-corrected chi connectivity index (χ3v) is 5.09. The van der Waals surface area contributed by atoms with Crippen LogP contribution in [0.2, 0.25) is 0 Å². The van der Waals surface area contributed by atoms with E-state index < -0.39 is 0 Å². The third-order valence-electron chi connectivity index (χ3n) is 5.09. The fourth-order valence-corrected chi connectivity index (χ4v) is 3.42. The molecular weight excluding hydrogens is 364 g/mol. The molecule has 0 saturated carbocycles. The molecule has 1 fully saturated rings. The molecule has 0 unspecified atom stereocenters. The Morgan fingerprint density at radius 3 is 2.41 bits per heavy atom. The fraction of sp³-hybridized carbons (Fsp3) is 0.273. The number of aromatic nitrogens is 3. The largest absolute Gasteiger partial charge is 0.352 e. The monoisotopic (exact) mass is 388 g/mol. The van der Waals surface area contributed by atoms with Crippen LogP contribution in [0.1, 0.15) is 21.5 Å². The maximum atomic E-state index is 12.8. The lowest BCUT2D eigenvalue weighted by Crippen LogP contribution is -2.49. The van der Waals surface area contributed by atoms with E-state index in [4.69, 9.17) is 0 Å². The summed E-state index contributed by atoms with van der Waals surface area (Å²) < 4.78 is 0. The van der Waals surface area contributed by atoms with Crippen molar-refractivity contribution >= 4 is 23.4 Å². The zero-order valence-electron chi connectivity index (χ0n) is 16.7. The highest BCUT2D eigenvalue weighted by Crippen LogP contribution is 2.18. The maximum Gasteiger partial charge on any atom is 0.254 e. The number of nitrogens with one attached hydrogen (secondary N) is 1. The average molecular weight is 388 g/mol. The Hall–Kier alpha value is -3.48. The standard InChI is InChI=1S/C22H24N6O/c1-16-9-10-23-20(15-16)24-19-7-8-21(26-25-19)27-11-13-28(14-12-27)22(29)18-6-4-3-5-17(18)2/h3-10,15H,11-14H2,1-2H3,(H,23,24,25). The van der Waals surface area contributed by atoms with E-state index in [-0.39, 0.29) is 5.91 Å². The summed E-state index contributed by atoms with van der Waals surface area (Å²) in [6.07, 6.45) is 1.76. The van der Waals surface area contributed by atoms with Gasteiger partial charge in [-0.1, -0.05) is 18.2 Å². The van der Waals surface area contributed by atoms with Gasteiger partial charge in [0, 0.05) is 37.9 Å². The first-order valence-electron chi connectivity index (χ1n) is 9.73. The van der Waals surface area contributed by atoms with Gasteiger partial charge in [0.25, 0.3) is 5.91 Å². The maximum absolute atomic E-state index is 12.8. The summed E-state index contributed by atoms with van der Waals surface area (Å²) in [6.45, 7) is 6.80. The van der Waals surface area contributed by atoms with Gasteiger partial charge in [0.15, 0.2) is 11.6 Å². The number of rotatable bonds is 4. The van der Waals surface area contributed by atoms with Gasteiger partial charge in [0.05, 0.1) is 0 Å². The number of piperazine rings is 1. The zero-order valence-corrected chi connectivity index (χ0v) is 16.7. The molecule has 1 amide bonds. The molecule has 2 aromatic heterocycles. The summed E-state index contributed by atoms with van der Waals surface area (Å²) in [7, 11) is 0. The highest BCUT2D eigenvalue weighted by Gasteiger charge is 2.23. The van der Waals surface area contributed by atoms with E-state index >= 15 is 0 Å². The van der Waals surface area contributed by atoms with Crippen molar-refractivity contribution in [2.24, 2.45) is 0 Å². The quantitative estimate of drug-likeness (QED) is 0.740. The highest BCUT2D eigenvalue weighted by molar-refractivity contribution is 5.95. The molecule has 1 aliphatic rings. The van der Waals surface area contributed by atoms with Crippen LogP contribution in [-0.4, -0.2) is 52.2 Å². The van der Waals surface area contributed by atoms with Crippen molar-refractivity contribution in [3.8, 4) is 0 Å². The normalized spacial score (nSPS) is 14.0. The fourth-order valence-electron chi connectivity index (χ4n) is 3.42. The van der Waals surface area contributed by atoms with Crippen LogP contribution in [0.15, 0.2) is 54.7 Å². The van der Waals surface area contributed by atoms with Gasteiger partial charge >= 0.3 is 0 Å². The second-order valence-electron chi connectivity index (χ2n) is 7.21. The van der Waals surface area contributed by atoms with E-state index in [9.17, 15) is 4.79 Å². The average Bonchev–Trinajstić information content (AvgIpc) is 2.74. The van der Waals surface area contributed by atoms with Crippen molar-refractivity contribution in [2.75, 3.05) is 36.4 Å². The van der Waals surface area contributed by atoms with E-state index in [1.807, 2.05) is 67.3 Å². The molecular formula is C22H24N6O. The summed E-state index contributed by atoms with van der Waals surface area (Å²) in [5, 5.41) is 11.8. The minimum absolute atomic E-state index is 0.0963. The molecule has 1 N–H and O–H groups in total. The van der Waals surface area contributed by atoms with E-state index in [2.05, 4.69) is 25.4 Å². The summed E-state index contributed by atoms with van der Waals surface area (Å²) >= 11 is 0. The molecule has 3 aromatic rings. The molecule has 0 radical (unpaired) electrons. The van der Waals surface area contributed by atoms with Gasteiger partial charge in [0.1, 0.15) is 5.82 Å². The summed E-state index contributed by atoms with van der Waals surface area (Å²) in [4.78, 5) is 21.1. The number of carbonyl (C=O) groups excluding carboxylic acids is 1. The molecule has 29 heavy (non-hydrogen) atoms. The Morgan fingerprint density at radius 1 is 0.931 bits per heavy atom. The zero-order chi connectivity index (χ0) is 20.2. The van der Waals surface area contributed by atoms with Crippen molar-refractivity contribution < 1.29 is 4.79 Å². The SMILES string of the molecule is Cc1ccnc(Nc2ccc(N3CCN(C(=O)c4ccccc4C)CC3)nn2)c1. The van der Waals surface area contributed by atoms with E-state index in [1.165, 1.54) is 0 Å². The number of aryl methyl sites for hydroxylation is 2. The molecule has 148 valence electrons. The van der Waals surface area contributed by atoms with Crippen molar-refractivity contribution in [1.29, 1.82) is 0 Å². The Balaban J connectivity index is 1.36. The minimum atomic E-state index is 0.0963. The Bertz CT molecular complexity index is 996. The van der Waals surface area contributed by atoms with Crippen LogP contribution >= 0.6 is 0 Å². The number of hydrogen-bond acceptors (Lipinski definition) is 6. The summed E-state index contributed by atoms with van der Waals surface area (Å²) in [5.74, 6) is 2.31. The lowest BCUT2D eigenvalue weighted by molar-refractivity contribution is 0.0745. The molecule has 0 aliphatic carbocycles. The smallest absolute Gasteiger partial charge is 0.254 e. The molecule has 0 atom stereocenters. The highest BCUT2D eigenvalue weighted by atomic mass is 16.2. The number of carbonyl (C=O) groups is 1. The predicted molar refractivity (Wildman–Crippen MR) is 114 cm³/mol. The van der Waals surface area contributed by atoms with Gasteiger partial charge in [-0.25, -0.2) is 4.98 Å². The minimum Gasteiger partial charge on any atom is -0.352 e. The van der Waals surface area contributed by atoms with Crippen molar-refractivity contribution in [3.63, 3.8) is 0 Å². The Kier molecular flexibility index (Phi) is 5.37. The second-order valence-corrected chi connectivity index (χ2v) is 7.21. The molecule has 1 saturated heterocycles. The van der Waals surface area contributed by atoms with Gasteiger partial charge < -0.3 is 15.1 Å². The van der Waals surface area contributed by atoms with Gasteiger partial charge in [-0.2, -0.15) is 0 Å². The van der Waals surface area contributed by atoms with Gasteiger partial charge in [-0.15, -0.1) is 10.2 Å². The van der Waals surface area contributed by atoms with Gasteiger partial charge in [-0.3, -0.25) is 4.79 Å². The first-order chi connectivity index (χ1) is 14.1. The van der Waals surface area contributed by atoms with Crippen LogP contribution in [0.4, 0.5) is 17.5 Å². The van der Waals surface area contributed by atoms with Crippen LogP contribution in [0, 0.1) is 13.8 Å². The molecule has 7 nitrogen and oxygen atoms in total. The number of amides is 1. The van der Waals surface area contributed by atoms with Crippen LogP contribution in [0.5, 0.6) is 0 Å². The van der Waals surface area contributed by atoms with Crippen molar-refractivity contribution in [3.05, 3.63) is 71.4 Å². The van der Waals surface area contributed by atoms with Crippen molar-refractivity contribution in [2.45, 2.75) is 13.8 Å². The van der Waals surface area contributed by atoms with Gasteiger partial charge in [0.2, 0.25) is 0 Å². The lowest BCUT2D eigenvalue weighted by atomic mass is 10.1. The molecule has 7 heteroatoms. The number of anilines is 3. The number of hydrogen-bond donors (Lipinski definition) is 1. The molecule has 1 aromatic carbocycles. The first-order valence-corrected chi connectivity index (χ1v) is 9.73. The number of benzene rings is 1. The summed E-state index contributed by atoms with van der Waals surface area (Å²) in [6, 6.07) is 15.5. The van der Waals surface area contributed by atoms with E-state index in [1.54, 1.807) is 6.20 Å². The van der Waals surface area contributed by atoms with Crippen LogP contribution in [0.25, 0.3) is 0 Å². The van der Waals surface area contributed by atoms with Crippen molar-refractivity contribution in [1.82, 2.24) is 20.1 Å². The number of nitrogens with zero attached hydrogens (tertiary/aromatic N) is 5. The third kappa shape index (κ3) is 4.34. The predicted octanol–water partition coefficient (Wildman–Crippen LogP) is 3.19. The van der Waals surface area contributed by atoms with E-state index in [0.717, 1.165) is 41.4 Å². The Morgan fingerprint density at radius 2 is 1.72 bits per heavy atom. The Labute approximate surface area is 170 Å². The first kappa shape index (κ1) is 18.9.